The van der Waals surface area contributed by atoms with Gasteiger partial charge < -0.3 is 9.32 Å². The van der Waals surface area contributed by atoms with Gasteiger partial charge in [0.1, 0.15) is 0 Å². The van der Waals surface area contributed by atoms with E-state index in [1.54, 1.807) is 6.20 Å². The molecule has 3 heterocycles. The monoisotopic (exact) mass is 463 g/mol. The molecule has 1 atom stereocenters. The Balaban J connectivity index is 1.56. The second kappa shape index (κ2) is 7.25. The van der Waals surface area contributed by atoms with Gasteiger partial charge >= 0.3 is 5.76 Å². The molecule has 1 N–H and O–H groups in total. The van der Waals surface area contributed by atoms with Gasteiger partial charge in [-0.05, 0) is 63.8 Å². The summed E-state index contributed by atoms with van der Waals surface area (Å²) in [6, 6.07) is 15.2. The van der Waals surface area contributed by atoms with Crippen LogP contribution in [0.3, 0.4) is 0 Å². The fraction of sp³-hybridized carbons (Fsp3) is 0.174. The van der Waals surface area contributed by atoms with E-state index >= 15 is 0 Å². The lowest BCUT2D eigenvalue weighted by Gasteiger charge is -2.26. The molecule has 0 saturated carbocycles. The van der Waals surface area contributed by atoms with E-state index in [2.05, 4.69) is 25.9 Å². The zero-order chi connectivity index (χ0) is 20.8. The number of benzene rings is 2. The first-order valence-electron chi connectivity index (χ1n) is 9.63. The number of nitrogens with zero attached hydrogens (tertiary/aromatic N) is 2. The maximum absolute atomic E-state index is 13.3. The summed E-state index contributed by atoms with van der Waals surface area (Å²) < 4.78 is 6.22. The van der Waals surface area contributed by atoms with E-state index in [0.29, 0.717) is 24.1 Å². The van der Waals surface area contributed by atoms with Crippen molar-refractivity contribution in [2.24, 2.45) is 0 Å². The molecule has 1 aliphatic rings. The number of hydrogen-bond acceptors (Lipinski definition) is 4. The Morgan fingerprint density at radius 2 is 1.97 bits per heavy atom. The van der Waals surface area contributed by atoms with Gasteiger partial charge in [-0.2, -0.15) is 0 Å². The molecule has 0 fully saturated rings. The Morgan fingerprint density at radius 3 is 2.80 bits per heavy atom. The summed E-state index contributed by atoms with van der Waals surface area (Å²) in [4.78, 5) is 33.9. The minimum Gasteiger partial charge on any atom is -0.408 e. The number of amides is 1. The third-order valence-corrected chi connectivity index (χ3v) is 6.42. The second-order valence-corrected chi connectivity index (χ2v) is 8.27. The molecule has 6 nitrogen and oxygen atoms in total. The number of carbonyl (C=O) groups excluding carboxylic acids is 1. The number of aryl methyl sites for hydroxylation is 1. The molecule has 4 aromatic rings. The Morgan fingerprint density at radius 1 is 1.13 bits per heavy atom. The summed E-state index contributed by atoms with van der Waals surface area (Å²) in [5.41, 5.74) is 5.62. The summed E-state index contributed by atoms with van der Waals surface area (Å²) in [6.07, 6.45) is 2.36. The fourth-order valence-corrected chi connectivity index (χ4v) is 4.56. The number of carbonyl (C=O) groups is 1. The molecule has 1 unspecified atom stereocenters. The summed E-state index contributed by atoms with van der Waals surface area (Å²) in [5.74, 6) is -0.481. The van der Waals surface area contributed by atoms with Crippen LogP contribution < -0.4 is 5.76 Å². The first-order valence-corrected chi connectivity index (χ1v) is 10.4. The number of nitrogens with one attached hydrogen (secondary N) is 1. The third-order valence-electron chi connectivity index (χ3n) is 5.70. The number of fused-ring (bicyclic) bond motifs is 2. The Bertz CT molecular complexity index is 1340. The highest BCUT2D eigenvalue weighted by atomic mass is 79.9. The number of pyridine rings is 1. The Kier molecular flexibility index (Phi) is 4.55. The number of oxazole rings is 1. The van der Waals surface area contributed by atoms with Gasteiger partial charge in [-0.3, -0.25) is 14.8 Å². The van der Waals surface area contributed by atoms with Crippen molar-refractivity contribution < 1.29 is 9.21 Å². The first-order chi connectivity index (χ1) is 14.5. The summed E-state index contributed by atoms with van der Waals surface area (Å²) in [7, 11) is 0. The minimum absolute atomic E-state index is 0.00216. The van der Waals surface area contributed by atoms with Crippen LogP contribution in [0.25, 0.3) is 11.1 Å². The summed E-state index contributed by atoms with van der Waals surface area (Å²) >= 11 is 3.58. The Hall–Kier alpha value is -3.19. The van der Waals surface area contributed by atoms with Gasteiger partial charge in [-0.25, -0.2) is 4.79 Å². The van der Waals surface area contributed by atoms with E-state index in [0.717, 1.165) is 32.4 Å². The van der Waals surface area contributed by atoms with Crippen molar-refractivity contribution in [1.29, 1.82) is 0 Å². The lowest BCUT2D eigenvalue weighted by molar-refractivity contribution is 0.0708. The second-order valence-electron chi connectivity index (χ2n) is 7.41. The van der Waals surface area contributed by atoms with Gasteiger partial charge in [-0.1, -0.05) is 24.3 Å². The van der Waals surface area contributed by atoms with E-state index < -0.39 is 5.76 Å². The topological polar surface area (TPSA) is 79.2 Å². The predicted octanol–water partition coefficient (Wildman–Crippen LogP) is 4.53. The quantitative estimate of drug-likeness (QED) is 0.482. The van der Waals surface area contributed by atoms with Crippen LogP contribution in [-0.2, 0) is 13.0 Å². The third kappa shape index (κ3) is 3.06. The van der Waals surface area contributed by atoms with Gasteiger partial charge in [0.25, 0.3) is 5.91 Å². The predicted molar refractivity (Wildman–Crippen MR) is 116 cm³/mol. The van der Waals surface area contributed by atoms with Gasteiger partial charge in [0.05, 0.1) is 17.3 Å². The zero-order valence-corrected chi connectivity index (χ0v) is 17.8. The van der Waals surface area contributed by atoms with Crippen LogP contribution in [0.5, 0.6) is 0 Å². The maximum atomic E-state index is 13.3. The van der Waals surface area contributed by atoms with Crippen LogP contribution >= 0.6 is 15.9 Å². The maximum Gasteiger partial charge on any atom is 0.417 e. The molecular formula is C23H18BrN3O3. The SMILES string of the molecule is Cc1c(CN2C(=O)c3ccccc3C2Cc2ncccc2Br)ccc2[nH]c(=O)oc12. The number of aromatic amines is 1. The van der Waals surface area contributed by atoms with Crippen LogP contribution in [0.1, 0.15) is 38.8 Å². The largest absolute Gasteiger partial charge is 0.417 e. The van der Waals surface area contributed by atoms with Crippen molar-refractivity contribution in [2.45, 2.75) is 25.9 Å². The molecule has 0 radical (unpaired) electrons. The lowest BCUT2D eigenvalue weighted by Crippen LogP contribution is -2.29. The molecule has 0 saturated heterocycles. The van der Waals surface area contributed by atoms with E-state index in [-0.39, 0.29) is 11.9 Å². The smallest absolute Gasteiger partial charge is 0.408 e. The molecule has 0 bridgehead atoms. The summed E-state index contributed by atoms with van der Waals surface area (Å²) in [6.45, 7) is 2.33. The molecular weight excluding hydrogens is 446 g/mol. The van der Waals surface area contributed by atoms with E-state index in [1.165, 1.54) is 0 Å². The van der Waals surface area contributed by atoms with Crippen molar-refractivity contribution in [1.82, 2.24) is 14.9 Å². The van der Waals surface area contributed by atoms with Crippen LogP contribution in [-0.4, -0.2) is 20.8 Å². The molecule has 30 heavy (non-hydrogen) atoms. The average molecular weight is 464 g/mol. The standard InChI is InChI=1S/C23H18BrN3O3/c1-13-14(8-9-18-21(13)30-23(29)26-18)12-27-20(11-19-17(24)7-4-10-25-19)15-5-2-3-6-16(15)22(27)28/h2-10,20H,11-12H2,1H3,(H,26,29). The fourth-order valence-electron chi connectivity index (χ4n) is 4.15. The van der Waals surface area contributed by atoms with Gasteiger partial charge in [-0.15, -0.1) is 0 Å². The van der Waals surface area contributed by atoms with E-state index in [1.807, 2.05) is 60.4 Å². The van der Waals surface area contributed by atoms with Crippen LogP contribution in [0.15, 0.2) is 68.4 Å². The number of halogens is 1. The summed E-state index contributed by atoms with van der Waals surface area (Å²) in [5, 5.41) is 0. The average Bonchev–Trinajstić information content (AvgIpc) is 3.25. The molecule has 0 spiro atoms. The zero-order valence-electron chi connectivity index (χ0n) is 16.2. The van der Waals surface area contributed by atoms with E-state index in [9.17, 15) is 9.59 Å². The number of aromatic nitrogens is 2. The molecule has 150 valence electrons. The molecule has 2 aromatic heterocycles. The van der Waals surface area contributed by atoms with Crippen molar-refractivity contribution in [2.75, 3.05) is 0 Å². The molecule has 5 rings (SSSR count). The van der Waals surface area contributed by atoms with Crippen molar-refractivity contribution >= 4 is 32.9 Å². The molecule has 0 aliphatic carbocycles. The molecule has 1 aliphatic heterocycles. The first kappa shape index (κ1) is 18.8. The normalized spacial score (nSPS) is 15.7. The van der Waals surface area contributed by atoms with Crippen LogP contribution in [0.4, 0.5) is 0 Å². The van der Waals surface area contributed by atoms with Crippen LogP contribution in [0.2, 0.25) is 0 Å². The van der Waals surface area contributed by atoms with Crippen LogP contribution in [0, 0.1) is 6.92 Å². The highest BCUT2D eigenvalue weighted by Gasteiger charge is 2.37. The van der Waals surface area contributed by atoms with E-state index in [4.69, 9.17) is 4.42 Å². The number of rotatable bonds is 4. The van der Waals surface area contributed by atoms with Crippen molar-refractivity contribution in [3.8, 4) is 0 Å². The highest BCUT2D eigenvalue weighted by molar-refractivity contribution is 9.10. The highest BCUT2D eigenvalue weighted by Crippen LogP contribution is 2.38. The van der Waals surface area contributed by atoms with Gasteiger partial charge in [0, 0.05) is 29.2 Å². The molecule has 2 aromatic carbocycles. The molecule has 7 heteroatoms. The van der Waals surface area contributed by atoms with Crippen molar-refractivity contribution in [3.63, 3.8) is 0 Å². The van der Waals surface area contributed by atoms with Gasteiger partial charge in [0.2, 0.25) is 0 Å². The van der Waals surface area contributed by atoms with Gasteiger partial charge in [0.15, 0.2) is 5.58 Å². The minimum atomic E-state index is -0.479. The Labute approximate surface area is 180 Å². The number of hydrogen-bond donors (Lipinski definition) is 1. The van der Waals surface area contributed by atoms with Crippen molar-refractivity contribution in [3.05, 3.63) is 97.7 Å². The lowest BCUT2D eigenvalue weighted by atomic mass is 10.00. The number of H-pyrrole nitrogens is 1. The molecule has 1 amide bonds.